The Morgan fingerprint density at radius 1 is 0.526 bits per heavy atom. The molecule has 19 heteroatoms. The van der Waals surface area contributed by atoms with E-state index in [1.54, 1.807) is 0 Å². The van der Waals surface area contributed by atoms with Crippen LogP contribution in [0.5, 0.6) is 0 Å². The molecule has 19 heavy (non-hydrogen) atoms. The van der Waals surface area contributed by atoms with Crippen molar-refractivity contribution in [2.24, 2.45) is 0 Å². The molecule has 0 saturated carbocycles. The fourth-order valence-electron chi connectivity index (χ4n) is 0.758. The quantitative estimate of drug-likeness (QED) is 0.164. The zero-order valence-electron chi connectivity index (χ0n) is 11.3. The van der Waals surface area contributed by atoms with Gasteiger partial charge in [0.25, 0.3) is 60.0 Å². The lowest BCUT2D eigenvalue weighted by molar-refractivity contribution is 0.408. The lowest BCUT2D eigenvalue weighted by Crippen LogP contribution is -2.17. The molecule has 116 valence electrons. The van der Waals surface area contributed by atoms with Crippen molar-refractivity contribution in [3.8, 4) is 0 Å². The molecule has 0 N–H and O–H groups in total. The van der Waals surface area contributed by atoms with Crippen molar-refractivity contribution in [3.05, 3.63) is 0 Å². The Morgan fingerprint density at radius 3 is 1.32 bits per heavy atom. The molecule has 0 aromatic carbocycles. The molecular formula is H22O8SSi10. The second kappa shape index (κ2) is 20.2. The van der Waals surface area contributed by atoms with Crippen LogP contribution in [0.2, 0.25) is 0 Å². The van der Waals surface area contributed by atoms with E-state index in [4.69, 9.17) is 32.9 Å². The maximum absolute atomic E-state index is 5.54. The monoisotopic (exact) mass is 462 g/mol. The minimum absolute atomic E-state index is 0.494. The summed E-state index contributed by atoms with van der Waals surface area (Å²) in [4.78, 5) is 0. The molecule has 8 nitrogen and oxygen atoms in total. The molecule has 0 saturated heterocycles. The lowest BCUT2D eigenvalue weighted by atomic mass is 15.7. The van der Waals surface area contributed by atoms with E-state index < -0.39 is 77.9 Å². The number of hydrogen-bond acceptors (Lipinski definition) is 9. The molecule has 0 heterocycles. The molecule has 0 atom stereocenters. The first-order valence-corrected chi connectivity index (χ1v) is 19.8. The zero-order chi connectivity index (χ0) is 14.0. The largest absolute Gasteiger partial charge is 0.449 e. The molecule has 0 amide bonds. The van der Waals surface area contributed by atoms with Gasteiger partial charge in [0.1, 0.15) is 21.0 Å². The van der Waals surface area contributed by atoms with Gasteiger partial charge < -0.3 is 32.9 Å². The minimum Gasteiger partial charge on any atom is -0.449 e. The molecule has 0 aromatic heterocycles. The van der Waals surface area contributed by atoms with Crippen molar-refractivity contribution in [2.75, 3.05) is 0 Å². The van der Waals surface area contributed by atoms with Gasteiger partial charge in [0.15, 0.2) is 0 Å². The second-order valence-corrected chi connectivity index (χ2v) is 26.0. The van der Waals surface area contributed by atoms with Crippen molar-refractivity contribution in [1.29, 1.82) is 0 Å². The average molecular weight is 463 g/mol. The molecule has 0 aliphatic heterocycles. The van der Waals surface area contributed by atoms with Crippen LogP contribution < -0.4 is 0 Å². The Balaban J connectivity index is 2.88. The highest BCUT2D eigenvalue weighted by molar-refractivity contribution is 8.39. The van der Waals surface area contributed by atoms with Crippen molar-refractivity contribution in [1.82, 2.24) is 0 Å². The Labute approximate surface area is 142 Å². The maximum atomic E-state index is 5.54. The third-order valence-corrected chi connectivity index (χ3v) is 18.6. The molecule has 0 bridgehead atoms. The molecule has 0 fully saturated rings. The van der Waals surface area contributed by atoms with Crippen LogP contribution in [0.25, 0.3) is 0 Å². The summed E-state index contributed by atoms with van der Waals surface area (Å²) < 4.78 is 42.4. The third kappa shape index (κ3) is 20.2. The third-order valence-electron chi connectivity index (χ3n) is 1.40. The predicted octanol–water partition coefficient (Wildman–Crippen LogP) is -9.60. The molecule has 0 radical (unpaired) electrons. The van der Waals surface area contributed by atoms with Gasteiger partial charge in [0.2, 0.25) is 17.8 Å². The normalized spacial score (nSPS) is 16.4. The van der Waals surface area contributed by atoms with Crippen LogP contribution in [-0.2, 0) is 32.9 Å². The molecule has 0 aromatic rings. The maximum Gasteiger partial charge on any atom is 0.286 e. The van der Waals surface area contributed by atoms with Crippen LogP contribution in [0.1, 0.15) is 0 Å². The molecule has 0 spiro atoms. The molecule has 0 rings (SSSR count). The van der Waals surface area contributed by atoms with Crippen LogP contribution in [-0.4, -0.2) is 98.8 Å². The van der Waals surface area contributed by atoms with Gasteiger partial charge in [-0.15, -0.1) is 0 Å². The first kappa shape index (κ1) is 21.2. The van der Waals surface area contributed by atoms with Crippen molar-refractivity contribution >= 4 is 109 Å². The highest BCUT2D eigenvalue weighted by Gasteiger charge is 1.95. The van der Waals surface area contributed by atoms with E-state index in [1.165, 1.54) is 0 Å². The second-order valence-electron chi connectivity index (χ2n) is 2.95. The van der Waals surface area contributed by atoms with Gasteiger partial charge in [0.05, 0.1) is 0 Å². The van der Waals surface area contributed by atoms with Crippen LogP contribution >= 0.6 is 10.7 Å². The predicted molar refractivity (Wildman–Crippen MR) is 105 cm³/mol. The summed E-state index contributed by atoms with van der Waals surface area (Å²) in [5.74, 6) is 0. The van der Waals surface area contributed by atoms with Gasteiger partial charge in [-0.25, -0.2) is 0 Å². The standard InChI is InChI=1S/H22O8SSi10/c10-1-12-3-14-5-16-7-18-9-19-8-17-6-15-4-13-2-11/h12-19H2,10-11H3. The fourth-order valence-corrected chi connectivity index (χ4v) is 24.4. The Morgan fingerprint density at radius 2 is 0.895 bits per heavy atom. The van der Waals surface area contributed by atoms with E-state index >= 15 is 0 Å². The van der Waals surface area contributed by atoms with Crippen LogP contribution in [0.4, 0.5) is 0 Å². The Bertz CT molecular complexity index is 146. The van der Waals surface area contributed by atoms with Gasteiger partial charge in [-0.2, -0.15) is 10.7 Å². The van der Waals surface area contributed by atoms with Crippen molar-refractivity contribution in [2.45, 2.75) is 0 Å². The topological polar surface area (TPSA) is 73.8 Å². The molecular weight excluding hydrogens is 441 g/mol. The van der Waals surface area contributed by atoms with Crippen LogP contribution in [0.15, 0.2) is 0 Å². The highest BCUT2D eigenvalue weighted by Crippen LogP contribution is 1.93. The van der Waals surface area contributed by atoms with E-state index in [2.05, 4.69) is 0 Å². The minimum atomic E-state index is -0.796. The number of hydrogen-bond donors (Lipinski definition) is 0. The van der Waals surface area contributed by atoms with Crippen LogP contribution in [0.3, 0.4) is 0 Å². The SMILES string of the molecule is [SiH3]O[SiH2]O[SiH2]O[SiH2]O[SiH2]S[SiH2]O[SiH2]O[SiH2]O[SiH2]O[SiH3]. The van der Waals surface area contributed by atoms with Crippen molar-refractivity contribution in [3.63, 3.8) is 0 Å². The van der Waals surface area contributed by atoms with Gasteiger partial charge >= 0.3 is 0 Å². The molecule has 0 aliphatic rings. The average Bonchev–Trinajstić information content (AvgIpc) is 2.43. The van der Waals surface area contributed by atoms with Crippen LogP contribution in [0, 0.1) is 0 Å². The fraction of sp³-hybridized carbons (Fsp3) is 0. The molecule has 0 aliphatic carbocycles. The summed E-state index contributed by atoms with van der Waals surface area (Å²) in [6, 6.07) is 0. The van der Waals surface area contributed by atoms with Gasteiger partial charge in [-0.3, -0.25) is 0 Å². The van der Waals surface area contributed by atoms with E-state index in [-0.39, 0.29) is 0 Å². The number of rotatable bonds is 16. The van der Waals surface area contributed by atoms with E-state index in [0.717, 1.165) is 21.0 Å². The van der Waals surface area contributed by atoms with Gasteiger partial charge in [-0.05, 0) is 0 Å². The van der Waals surface area contributed by atoms with Gasteiger partial charge in [-0.1, -0.05) is 0 Å². The summed E-state index contributed by atoms with van der Waals surface area (Å²) in [7, 11) is -2.15. The van der Waals surface area contributed by atoms with Crippen molar-refractivity contribution < 1.29 is 32.9 Å². The zero-order valence-corrected chi connectivity index (χ0v) is 27.5. The molecule has 0 unspecified atom stereocenters. The smallest absolute Gasteiger partial charge is 0.286 e. The van der Waals surface area contributed by atoms with Gasteiger partial charge in [0, 0.05) is 0 Å². The first-order valence-electron chi connectivity index (χ1n) is 5.44. The van der Waals surface area contributed by atoms with E-state index in [9.17, 15) is 0 Å². The summed E-state index contributed by atoms with van der Waals surface area (Å²) in [6.07, 6.45) is 0. The first-order chi connectivity index (χ1) is 9.41. The summed E-state index contributed by atoms with van der Waals surface area (Å²) in [6.45, 7) is 0. The van der Waals surface area contributed by atoms with E-state index in [0.29, 0.717) is 0 Å². The Hall–Kier alpha value is 2.20. The summed E-state index contributed by atoms with van der Waals surface area (Å²) in [5.41, 5.74) is 0. The Kier molecular flexibility index (Phi) is 22.5. The highest BCUT2D eigenvalue weighted by atomic mass is 32.5. The summed E-state index contributed by atoms with van der Waals surface area (Å²) in [5, 5.41) is 0. The summed E-state index contributed by atoms with van der Waals surface area (Å²) >= 11 is 0. The lowest BCUT2D eigenvalue weighted by Gasteiger charge is -2.07. The van der Waals surface area contributed by atoms with E-state index in [1.807, 2.05) is 10.7 Å².